The summed E-state index contributed by atoms with van der Waals surface area (Å²) in [6.45, 7) is 0.164. The second kappa shape index (κ2) is 4.97. The van der Waals surface area contributed by atoms with Crippen molar-refractivity contribution in [2.24, 2.45) is 5.92 Å². The van der Waals surface area contributed by atoms with Crippen molar-refractivity contribution < 1.29 is 14.1 Å². The molecule has 2 rings (SSSR count). The van der Waals surface area contributed by atoms with Gasteiger partial charge in [0.2, 0.25) is 5.91 Å². The molecular formula is C12H8BrFN2O3. The van der Waals surface area contributed by atoms with Crippen LogP contribution in [0.3, 0.4) is 0 Å². The van der Waals surface area contributed by atoms with Gasteiger partial charge in [0.1, 0.15) is 11.5 Å². The molecule has 0 aliphatic carbocycles. The number of benzene rings is 1. The second-order valence-corrected chi connectivity index (χ2v) is 4.94. The molecule has 1 aliphatic heterocycles. The fourth-order valence-corrected chi connectivity index (χ4v) is 2.27. The highest BCUT2D eigenvalue weighted by molar-refractivity contribution is 9.10. The van der Waals surface area contributed by atoms with Crippen molar-refractivity contribution in [3.63, 3.8) is 0 Å². The van der Waals surface area contributed by atoms with Crippen LogP contribution in [-0.4, -0.2) is 17.4 Å². The topological polar surface area (TPSA) is 63.5 Å². The van der Waals surface area contributed by atoms with Gasteiger partial charge >= 0.3 is 0 Å². The first kappa shape index (κ1) is 13.5. The van der Waals surface area contributed by atoms with Gasteiger partial charge in [-0.2, -0.15) is 0 Å². The van der Waals surface area contributed by atoms with Gasteiger partial charge < -0.3 is 4.90 Å². The minimum atomic E-state index is -0.669. The summed E-state index contributed by atoms with van der Waals surface area (Å²) in [7, 11) is 0. The van der Waals surface area contributed by atoms with E-state index < -0.39 is 10.7 Å². The molecule has 0 bridgehead atoms. The Kier molecular flexibility index (Phi) is 3.53. The molecular weight excluding hydrogens is 319 g/mol. The van der Waals surface area contributed by atoms with E-state index in [1.807, 2.05) is 0 Å². The Labute approximate surface area is 116 Å². The number of anilines is 1. The van der Waals surface area contributed by atoms with Crippen LogP contribution in [0.5, 0.6) is 0 Å². The average molecular weight is 327 g/mol. The van der Waals surface area contributed by atoms with E-state index in [-0.39, 0.29) is 40.6 Å². The van der Waals surface area contributed by atoms with E-state index in [4.69, 9.17) is 6.42 Å². The molecule has 7 heteroatoms. The minimum absolute atomic E-state index is 0.0249. The smallest absolute Gasteiger partial charge is 0.294 e. The third-order valence-electron chi connectivity index (χ3n) is 2.87. The van der Waals surface area contributed by atoms with Crippen LogP contribution < -0.4 is 4.90 Å². The van der Waals surface area contributed by atoms with Crippen molar-refractivity contribution in [3.05, 3.63) is 32.5 Å². The number of nitrogens with zero attached hydrogens (tertiary/aromatic N) is 2. The van der Waals surface area contributed by atoms with Crippen LogP contribution in [-0.2, 0) is 4.79 Å². The summed E-state index contributed by atoms with van der Waals surface area (Å²) in [5, 5.41) is 11.0. The number of carbonyl (C=O) groups is 1. The lowest BCUT2D eigenvalue weighted by atomic mass is 10.1. The normalized spacial score (nSPS) is 18.5. The molecule has 19 heavy (non-hydrogen) atoms. The molecule has 1 unspecified atom stereocenters. The largest absolute Gasteiger partial charge is 0.305 e. The first-order chi connectivity index (χ1) is 8.93. The molecule has 0 spiro atoms. The van der Waals surface area contributed by atoms with E-state index in [1.165, 1.54) is 0 Å². The van der Waals surface area contributed by atoms with E-state index in [9.17, 15) is 19.3 Å². The van der Waals surface area contributed by atoms with Gasteiger partial charge in [-0.25, -0.2) is 4.39 Å². The number of hydrogen-bond acceptors (Lipinski definition) is 3. The molecule has 1 heterocycles. The van der Waals surface area contributed by atoms with Gasteiger partial charge in [-0.3, -0.25) is 14.9 Å². The predicted octanol–water partition coefficient (Wildman–Crippen LogP) is 2.48. The Balaban J connectivity index is 2.50. The van der Waals surface area contributed by atoms with E-state index in [1.54, 1.807) is 0 Å². The van der Waals surface area contributed by atoms with Gasteiger partial charge in [-0.1, -0.05) is 0 Å². The van der Waals surface area contributed by atoms with Gasteiger partial charge in [0.05, 0.1) is 9.40 Å². The van der Waals surface area contributed by atoms with Gasteiger partial charge in [0.15, 0.2) is 0 Å². The number of terminal acetylenes is 1. The van der Waals surface area contributed by atoms with Gasteiger partial charge in [0, 0.05) is 31.0 Å². The molecule has 0 radical (unpaired) electrons. The minimum Gasteiger partial charge on any atom is -0.305 e. The summed E-state index contributed by atoms with van der Waals surface area (Å²) < 4.78 is 13.5. The highest BCUT2D eigenvalue weighted by atomic mass is 79.9. The first-order valence-corrected chi connectivity index (χ1v) is 6.13. The molecule has 1 saturated heterocycles. The van der Waals surface area contributed by atoms with E-state index in [0.29, 0.717) is 0 Å². The monoisotopic (exact) mass is 326 g/mol. The van der Waals surface area contributed by atoms with Crippen molar-refractivity contribution in [3.8, 4) is 12.3 Å². The lowest BCUT2D eigenvalue weighted by molar-refractivity contribution is -0.384. The van der Waals surface area contributed by atoms with Crippen molar-refractivity contribution in [2.75, 3.05) is 11.4 Å². The molecule has 0 N–H and O–H groups in total. The molecule has 1 fully saturated rings. The van der Waals surface area contributed by atoms with Gasteiger partial charge in [-0.05, 0) is 15.9 Å². The number of nitro groups is 1. The molecule has 0 saturated carbocycles. The number of carbonyl (C=O) groups excluding carboxylic acids is 1. The molecule has 98 valence electrons. The molecule has 1 aromatic carbocycles. The lowest BCUT2D eigenvalue weighted by Crippen LogP contribution is -2.25. The summed E-state index contributed by atoms with van der Waals surface area (Å²) in [5.74, 6) is 1.12. The zero-order valence-corrected chi connectivity index (χ0v) is 11.2. The fourth-order valence-electron chi connectivity index (χ4n) is 1.94. The van der Waals surface area contributed by atoms with E-state index in [0.717, 1.165) is 17.0 Å². The van der Waals surface area contributed by atoms with Crippen LogP contribution in [0.25, 0.3) is 0 Å². The van der Waals surface area contributed by atoms with Gasteiger partial charge in [-0.15, -0.1) is 12.3 Å². The maximum Gasteiger partial charge on any atom is 0.294 e. The number of hydrogen-bond donors (Lipinski definition) is 0. The summed E-state index contributed by atoms with van der Waals surface area (Å²) in [6.07, 6.45) is 5.36. The van der Waals surface area contributed by atoms with E-state index in [2.05, 4.69) is 21.9 Å². The van der Waals surface area contributed by atoms with Crippen LogP contribution in [0.15, 0.2) is 16.6 Å². The molecule has 1 aliphatic rings. The summed E-state index contributed by atoms with van der Waals surface area (Å²) in [4.78, 5) is 23.3. The quantitative estimate of drug-likeness (QED) is 0.476. The van der Waals surface area contributed by atoms with Crippen LogP contribution in [0.2, 0.25) is 0 Å². The van der Waals surface area contributed by atoms with Crippen LogP contribution >= 0.6 is 15.9 Å². The maximum absolute atomic E-state index is 13.5. The van der Waals surface area contributed by atoms with Crippen LogP contribution in [0.4, 0.5) is 15.8 Å². The zero-order chi connectivity index (χ0) is 14.2. The SMILES string of the molecule is C#CC1CC(=O)N(c2cc(F)c(Br)cc2[N+](=O)[O-])C1. The highest BCUT2D eigenvalue weighted by Gasteiger charge is 2.34. The second-order valence-electron chi connectivity index (χ2n) is 4.08. The Morgan fingerprint density at radius 3 is 2.79 bits per heavy atom. The number of halogens is 2. The third-order valence-corrected chi connectivity index (χ3v) is 3.47. The van der Waals surface area contributed by atoms with Crippen molar-refractivity contribution >= 4 is 33.2 Å². The molecule has 5 nitrogen and oxygen atoms in total. The lowest BCUT2D eigenvalue weighted by Gasteiger charge is -2.16. The van der Waals surface area contributed by atoms with Crippen LogP contribution in [0.1, 0.15) is 6.42 Å². The number of amides is 1. The van der Waals surface area contributed by atoms with Crippen LogP contribution in [0, 0.1) is 34.2 Å². The molecule has 1 atom stereocenters. The Bertz CT molecular complexity index is 612. The van der Waals surface area contributed by atoms with Crippen molar-refractivity contribution in [1.82, 2.24) is 0 Å². The first-order valence-electron chi connectivity index (χ1n) is 5.34. The molecule has 1 aromatic rings. The number of rotatable bonds is 2. The highest BCUT2D eigenvalue weighted by Crippen LogP contribution is 2.36. The predicted molar refractivity (Wildman–Crippen MR) is 70.0 cm³/mol. The summed E-state index contributed by atoms with van der Waals surface area (Å²) >= 11 is 2.88. The fraction of sp³-hybridized carbons (Fsp3) is 0.250. The van der Waals surface area contributed by atoms with Crippen molar-refractivity contribution in [1.29, 1.82) is 0 Å². The molecule has 1 amide bonds. The summed E-state index contributed by atoms with van der Waals surface area (Å²) in [6, 6.07) is 2.01. The van der Waals surface area contributed by atoms with Gasteiger partial charge in [0.25, 0.3) is 5.69 Å². The standard InChI is InChI=1S/C12H8BrFN2O3/c1-2-7-3-12(17)15(6-7)10-5-9(14)8(13)4-11(10)16(18)19/h1,4-5,7H,3,6H2. The maximum atomic E-state index is 13.5. The Morgan fingerprint density at radius 1 is 1.58 bits per heavy atom. The molecule has 0 aromatic heterocycles. The zero-order valence-electron chi connectivity index (χ0n) is 9.60. The van der Waals surface area contributed by atoms with E-state index >= 15 is 0 Å². The summed E-state index contributed by atoms with van der Waals surface area (Å²) in [5.41, 5.74) is -0.396. The Hall–Kier alpha value is -1.94. The Morgan fingerprint density at radius 2 is 2.26 bits per heavy atom. The third kappa shape index (κ3) is 2.44. The average Bonchev–Trinajstić information content (AvgIpc) is 2.73. The number of nitro benzene ring substituents is 1. The van der Waals surface area contributed by atoms with Crippen molar-refractivity contribution in [2.45, 2.75) is 6.42 Å².